The third-order valence-electron chi connectivity index (χ3n) is 4.73. The van der Waals surface area contributed by atoms with E-state index in [1.807, 2.05) is 0 Å². The van der Waals surface area contributed by atoms with Crippen molar-refractivity contribution >= 4 is 12.0 Å². The van der Waals surface area contributed by atoms with E-state index in [0.29, 0.717) is 19.4 Å². The fourth-order valence-corrected chi connectivity index (χ4v) is 3.54. The lowest BCUT2D eigenvalue weighted by Crippen LogP contribution is -2.50. The summed E-state index contributed by atoms with van der Waals surface area (Å²) in [6.45, 7) is 0.317. The molecule has 2 amide bonds. The van der Waals surface area contributed by atoms with E-state index in [-0.39, 0.29) is 30.6 Å². The quantitative estimate of drug-likeness (QED) is 0.719. The molecule has 0 aromatic heterocycles. The van der Waals surface area contributed by atoms with Crippen LogP contribution >= 0.6 is 0 Å². The Bertz CT molecular complexity index is 369. The number of urea groups is 1. The van der Waals surface area contributed by atoms with E-state index in [9.17, 15) is 14.7 Å². The normalized spacial score (nSPS) is 26.5. The van der Waals surface area contributed by atoms with Gasteiger partial charge in [0.2, 0.25) is 0 Å². The highest BCUT2D eigenvalue weighted by Crippen LogP contribution is 2.27. The molecule has 2 unspecified atom stereocenters. The standard InChI is InChI=1S/C15H26N2O4/c18-9-8-17(13-4-2-1-3-5-13)15(21)16-12-7-6-11(10-12)14(19)20/h11-13,18H,1-10H2,(H,16,21)(H,19,20). The van der Waals surface area contributed by atoms with Gasteiger partial charge in [0.25, 0.3) is 0 Å². The SMILES string of the molecule is O=C(O)C1CCC(NC(=O)N(CCO)C2CCCCC2)C1. The van der Waals surface area contributed by atoms with Crippen molar-refractivity contribution in [2.75, 3.05) is 13.2 Å². The Labute approximate surface area is 125 Å². The van der Waals surface area contributed by atoms with Gasteiger partial charge in [-0.3, -0.25) is 4.79 Å². The zero-order valence-corrected chi connectivity index (χ0v) is 12.5. The van der Waals surface area contributed by atoms with Crippen molar-refractivity contribution in [2.24, 2.45) is 5.92 Å². The van der Waals surface area contributed by atoms with Crippen LogP contribution in [0.4, 0.5) is 4.79 Å². The van der Waals surface area contributed by atoms with Crippen LogP contribution in [0.25, 0.3) is 0 Å². The van der Waals surface area contributed by atoms with Gasteiger partial charge in [-0.15, -0.1) is 0 Å². The number of carbonyl (C=O) groups excluding carboxylic acids is 1. The monoisotopic (exact) mass is 298 g/mol. The van der Waals surface area contributed by atoms with E-state index >= 15 is 0 Å². The van der Waals surface area contributed by atoms with Gasteiger partial charge in [0.1, 0.15) is 0 Å². The van der Waals surface area contributed by atoms with Crippen molar-refractivity contribution < 1.29 is 19.8 Å². The van der Waals surface area contributed by atoms with Crippen LogP contribution < -0.4 is 5.32 Å². The average molecular weight is 298 g/mol. The summed E-state index contributed by atoms with van der Waals surface area (Å²) in [5.74, 6) is -1.11. The molecule has 120 valence electrons. The number of carboxylic acids is 1. The number of aliphatic hydroxyl groups excluding tert-OH is 1. The highest BCUT2D eigenvalue weighted by molar-refractivity contribution is 5.75. The van der Waals surface area contributed by atoms with Gasteiger partial charge in [-0.05, 0) is 32.1 Å². The van der Waals surface area contributed by atoms with Crippen molar-refractivity contribution in [1.82, 2.24) is 10.2 Å². The molecule has 21 heavy (non-hydrogen) atoms. The number of amides is 2. The molecule has 0 aromatic carbocycles. The van der Waals surface area contributed by atoms with E-state index in [0.717, 1.165) is 32.1 Å². The summed E-state index contributed by atoms with van der Waals surface area (Å²) < 4.78 is 0. The smallest absolute Gasteiger partial charge is 0.317 e. The predicted molar refractivity (Wildman–Crippen MR) is 78.0 cm³/mol. The Kier molecular flexibility index (Phi) is 5.85. The van der Waals surface area contributed by atoms with Crippen molar-refractivity contribution in [3.8, 4) is 0 Å². The first-order valence-corrected chi connectivity index (χ1v) is 8.02. The van der Waals surface area contributed by atoms with Crippen LogP contribution in [-0.2, 0) is 4.79 Å². The number of hydrogen-bond donors (Lipinski definition) is 3. The summed E-state index contributed by atoms with van der Waals surface area (Å²) >= 11 is 0. The third kappa shape index (κ3) is 4.33. The number of nitrogens with one attached hydrogen (secondary N) is 1. The second-order valence-electron chi connectivity index (χ2n) is 6.20. The van der Waals surface area contributed by atoms with Crippen molar-refractivity contribution in [2.45, 2.75) is 63.5 Å². The lowest BCUT2D eigenvalue weighted by atomic mass is 9.94. The first-order chi connectivity index (χ1) is 10.1. The minimum Gasteiger partial charge on any atom is -0.481 e. The van der Waals surface area contributed by atoms with Gasteiger partial charge in [-0.25, -0.2) is 4.79 Å². The van der Waals surface area contributed by atoms with Crippen LogP contribution in [0.15, 0.2) is 0 Å². The summed E-state index contributed by atoms with van der Waals surface area (Å²) in [5, 5.41) is 21.2. The van der Waals surface area contributed by atoms with Gasteiger partial charge in [0, 0.05) is 18.6 Å². The van der Waals surface area contributed by atoms with Gasteiger partial charge in [0.05, 0.1) is 12.5 Å². The molecule has 2 rings (SSSR count). The second kappa shape index (κ2) is 7.64. The van der Waals surface area contributed by atoms with Crippen LogP contribution in [0, 0.1) is 5.92 Å². The number of hydrogen-bond acceptors (Lipinski definition) is 3. The van der Waals surface area contributed by atoms with Crippen LogP contribution in [0.2, 0.25) is 0 Å². The maximum Gasteiger partial charge on any atom is 0.317 e. The molecule has 0 saturated heterocycles. The minimum atomic E-state index is -0.772. The molecule has 3 N–H and O–H groups in total. The lowest BCUT2D eigenvalue weighted by molar-refractivity contribution is -0.141. The number of aliphatic carboxylic acids is 1. The van der Waals surface area contributed by atoms with Crippen LogP contribution in [0.1, 0.15) is 51.4 Å². The fourth-order valence-electron chi connectivity index (χ4n) is 3.54. The molecule has 2 atom stereocenters. The Morgan fingerprint density at radius 2 is 1.81 bits per heavy atom. The predicted octanol–water partition coefficient (Wildman–Crippen LogP) is 1.58. The highest BCUT2D eigenvalue weighted by Gasteiger charge is 2.32. The zero-order chi connectivity index (χ0) is 15.2. The molecular weight excluding hydrogens is 272 g/mol. The van der Waals surface area contributed by atoms with Crippen LogP contribution in [-0.4, -0.2) is 52.3 Å². The van der Waals surface area contributed by atoms with Crippen molar-refractivity contribution in [1.29, 1.82) is 0 Å². The maximum absolute atomic E-state index is 12.4. The van der Waals surface area contributed by atoms with Crippen molar-refractivity contribution in [3.05, 3.63) is 0 Å². The number of carbonyl (C=O) groups is 2. The second-order valence-corrected chi connectivity index (χ2v) is 6.20. The average Bonchev–Trinajstić information content (AvgIpc) is 2.94. The van der Waals surface area contributed by atoms with Gasteiger partial charge in [0.15, 0.2) is 0 Å². The number of nitrogens with zero attached hydrogens (tertiary/aromatic N) is 1. The maximum atomic E-state index is 12.4. The fraction of sp³-hybridized carbons (Fsp3) is 0.867. The molecule has 2 saturated carbocycles. The molecule has 0 spiro atoms. The number of aliphatic hydroxyl groups is 1. The molecule has 0 heterocycles. The minimum absolute atomic E-state index is 0.0354. The molecule has 6 heteroatoms. The first kappa shape index (κ1) is 16.1. The summed E-state index contributed by atoms with van der Waals surface area (Å²) in [6, 6.07) is 0.0120. The molecule has 0 bridgehead atoms. The van der Waals surface area contributed by atoms with E-state index < -0.39 is 5.97 Å². The first-order valence-electron chi connectivity index (χ1n) is 8.02. The molecule has 0 aromatic rings. The van der Waals surface area contributed by atoms with Gasteiger partial charge in [-0.2, -0.15) is 0 Å². The van der Waals surface area contributed by atoms with Crippen LogP contribution in [0.3, 0.4) is 0 Å². The Morgan fingerprint density at radius 3 is 2.38 bits per heavy atom. The summed E-state index contributed by atoms with van der Waals surface area (Å²) in [5.41, 5.74) is 0. The van der Waals surface area contributed by atoms with E-state index in [2.05, 4.69) is 5.32 Å². The summed E-state index contributed by atoms with van der Waals surface area (Å²) in [7, 11) is 0. The Balaban J connectivity index is 1.88. The van der Waals surface area contributed by atoms with Gasteiger partial charge in [-0.1, -0.05) is 19.3 Å². The molecule has 0 aliphatic heterocycles. The van der Waals surface area contributed by atoms with Crippen LogP contribution in [0.5, 0.6) is 0 Å². The van der Waals surface area contributed by atoms with Crippen molar-refractivity contribution in [3.63, 3.8) is 0 Å². The number of rotatable bonds is 5. The molecule has 2 aliphatic rings. The van der Waals surface area contributed by atoms with Gasteiger partial charge < -0.3 is 20.4 Å². The topological polar surface area (TPSA) is 89.9 Å². The largest absolute Gasteiger partial charge is 0.481 e. The number of carboxylic acid groups (broad SMARTS) is 1. The van der Waals surface area contributed by atoms with Gasteiger partial charge >= 0.3 is 12.0 Å². The lowest BCUT2D eigenvalue weighted by Gasteiger charge is -2.34. The summed E-state index contributed by atoms with van der Waals surface area (Å²) in [4.78, 5) is 25.1. The van der Waals surface area contributed by atoms with E-state index in [1.165, 1.54) is 6.42 Å². The summed E-state index contributed by atoms with van der Waals surface area (Å²) in [6.07, 6.45) is 7.33. The molecular formula is C15H26N2O4. The molecule has 6 nitrogen and oxygen atoms in total. The zero-order valence-electron chi connectivity index (χ0n) is 12.5. The van der Waals surface area contributed by atoms with E-state index in [4.69, 9.17) is 5.11 Å². The highest BCUT2D eigenvalue weighted by atomic mass is 16.4. The molecule has 2 fully saturated rings. The Morgan fingerprint density at radius 1 is 1.10 bits per heavy atom. The molecule has 2 aliphatic carbocycles. The third-order valence-corrected chi connectivity index (χ3v) is 4.73. The molecule has 0 radical (unpaired) electrons. The van der Waals surface area contributed by atoms with E-state index in [1.54, 1.807) is 4.90 Å². The Hall–Kier alpha value is -1.30.